The fourth-order valence-corrected chi connectivity index (χ4v) is 2.54. The van der Waals surface area contributed by atoms with Gasteiger partial charge < -0.3 is 10.5 Å². The molecular formula is C12H15ClFNO2S. The molecule has 6 heteroatoms. The van der Waals surface area contributed by atoms with Crippen molar-refractivity contribution in [2.75, 3.05) is 12.4 Å². The first-order chi connectivity index (χ1) is 8.54. The maximum Gasteiger partial charge on any atom is 0.323 e. The zero-order valence-corrected chi connectivity index (χ0v) is 11.6. The quantitative estimate of drug-likeness (QED) is 0.819. The normalized spacial score (nSPS) is 12.2. The highest BCUT2D eigenvalue weighted by atomic mass is 35.5. The zero-order chi connectivity index (χ0) is 13.5. The number of rotatable bonds is 6. The molecule has 3 nitrogen and oxygen atoms in total. The summed E-state index contributed by atoms with van der Waals surface area (Å²) in [6, 6.07) is 3.60. The standard InChI is InChI=1S/C12H15ClFNO2S/c1-2-17-12(16)11(15)7-18-6-8-3-4-9(14)5-10(8)13/h3-5,11H,2,6-7,15H2,1H3. The highest BCUT2D eigenvalue weighted by molar-refractivity contribution is 7.98. The van der Waals surface area contributed by atoms with Gasteiger partial charge in [-0.1, -0.05) is 17.7 Å². The molecule has 1 atom stereocenters. The Kier molecular flexibility index (Phi) is 6.46. The molecule has 2 N–H and O–H groups in total. The van der Waals surface area contributed by atoms with E-state index in [1.54, 1.807) is 13.0 Å². The minimum atomic E-state index is -0.644. The number of ether oxygens (including phenoxy) is 1. The van der Waals surface area contributed by atoms with E-state index in [-0.39, 0.29) is 5.82 Å². The zero-order valence-electron chi connectivity index (χ0n) is 9.99. The molecule has 0 saturated carbocycles. The van der Waals surface area contributed by atoms with Crippen molar-refractivity contribution in [3.05, 3.63) is 34.6 Å². The summed E-state index contributed by atoms with van der Waals surface area (Å²) in [5, 5.41) is 0.382. The van der Waals surface area contributed by atoms with Gasteiger partial charge in [0.15, 0.2) is 0 Å². The van der Waals surface area contributed by atoms with Gasteiger partial charge in [0.2, 0.25) is 0 Å². The summed E-state index contributed by atoms with van der Waals surface area (Å²) in [5.74, 6) is 0.242. The Morgan fingerprint density at radius 1 is 1.61 bits per heavy atom. The molecule has 1 aromatic carbocycles. The smallest absolute Gasteiger partial charge is 0.323 e. The highest BCUT2D eigenvalue weighted by Crippen LogP contribution is 2.22. The third-order valence-corrected chi connectivity index (χ3v) is 3.62. The van der Waals surface area contributed by atoms with Gasteiger partial charge in [0, 0.05) is 16.5 Å². The minimum Gasteiger partial charge on any atom is -0.465 e. The van der Waals surface area contributed by atoms with Crippen LogP contribution in [0.1, 0.15) is 12.5 Å². The molecule has 0 radical (unpaired) electrons. The SMILES string of the molecule is CCOC(=O)C(N)CSCc1ccc(F)cc1Cl. The number of hydrogen-bond donors (Lipinski definition) is 1. The average molecular weight is 292 g/mol. The van der Waals surface area contributed by atoms with Gasteiger partial charge >= 0.3 is 5.97 Å². The van der Waals surface area contributed by atoms with Crippen molar-refractivity contribution in [3.63, 3.8) is 0 Å². The lowest BCUT2D eigenvalue weighted by molar-refractivity contribution is -0.144. The van der Waals surface area contributed by atoms with E-state index in [0.717, 1.165) is 5.56 Å². The molecule has 0 aliphatic carbocycles. The lowest BCUT2D eigenvalue weighted by atomic mass is 10.2. The second-order valence-electron chi connectivity index (χ2n) is 3.61. The summed E-state index contributed by atoms with van der Waals surface area (Å²) >= 11 is 7.34. The Hall–Kier alpha value is -0.780. The lowest BCUT2D eigenvalue weighted by Gasteiger charge is -2.10. The van der Waals surface area contributed by atoms with Crippen LogP contribution >= 0.6 is 23.4 Å². The number of hydrogen-bond acceptors (Lipinski definition) is 4. The average Bonchev–Trinajstić information content (AvgIpc) is 2.32. The molecule has 0 amide bonds. The van der Waals surface area contributed by atoms with Crippen LogP contribution in [0.2, 0.25) is 5.02 Å². The Morgan fingerprint density at radius 3 is 2.94 bits per heavy atom. The molecule has 0 aromatic heterocycles. The van der Waals surface area contributed by atoms with Gasteiger partial charge in [0.25, 0.3) is 0 Å². The molecule has 0 spiro atoms. The lowest BCUT2D eigenvalue weighted by Crippen LogP contribution is -2.34. The van der Waals surface area contributed by atoms with Gasteiger partial charge in [-0.2, -0.15) is 11.8 Å². The van der Waals surface area contributed by atoms with E-state index in [4.69, 9.17) is 22.1 Å². The second-order valence-corrected chi connectivity index (χ2v) is 5.05. The number of esters is 1. The van der Waals surface area contributed by atoms with Gasteiger partial charge in [0.05, 0.1) is 6.61 Å². The van der Waals surface area contributed by atoms with Crippen molar-refractivity contribution in [1.29, 1.82) is 0 Å². The molecule has 0 fully saturated rings. The van der Waals surface area contributed by atoms with Gasteiger partial charge in [-0.15, -0.1) is 0 Å². The number of thioether (sulfide) groups is 1. The molecule has 1 aromatic rings. The fraction of sp³-hybridized carbons (Fsp3) is 0.417. The first-order valence-corrected chi connectivity index (χ1v) is 7.01. The van der Waals surface area contributed by atoms with E-state index >= 15 is 0 Å². The molecule has 0 saturated heterocycles. The van der Waals surface area contributed by atoms with Crippen molar-refractivity contribution in [1.82, 2.24) is 0 Å². The van der Waals surface area contributed by atoms with E-state index in [9.17, 15) is 9.18 Å². The molecule has 18 heavy (non-hydrogen) atoms. The molecule has 0 aliphatic heterocycles. The monoisotopic (exact) mass is 291 g/mol. The van der Waals surface area contributed by atoms with Crippen molar-refractivity contribution in [2.24, 2.45) is 5.73 Å². The van der Waals surface area contributed by atoms with Crippen LogP contribution in [0.3, 0.4) is 0 Å². The summed E-state index contributed by atoms with van der Waals surface area (Å²) < 4.78 is 17.6. The van der Waals surface area contributed by atoms with Gasteiger partial charge in [-0.3, -0.25) is 4.79 Å². The Labute approximate surface area is 115 Å². The van der Waals surface area contributed by atoms with Crippen LogP contribution in [0.4, 0.5) is 4.39 Å². The number of nitrogens with two attached hydrogens (primary N) is 1. The Morgan fingerprint density at radius 2 is 2.33 bits per heavy atom. The van der Waals surface area contributed by atoms with Crippen molar-refractivity contribution < 1.29 is 13.9 Å². The number of carbonyl (C=O) groups is 1. The van der Waals surface area contributed by atoms with Crippen LogP contribution in [0.25, 0.3) is 0 Å². The minimum absolute atomic E-state index is 0.320. The van der Waals surface area contributed by atoms with E-state index in [2.05, 4.69) is 0 Å². The van der Waals surface area contributed by atoms with Gasteiger partial charge in [-0.25, -0.2) is 4.39 Å². The first-order valence-electron chi connectivity index (χ1n) is 5.48. The van der Waals surface area contributed by atoms with Gasteiger partial charge in [-0.05, 0) is 24.6 Å². The number of benzene rings is 1. The molecule has 1 rings (SSSR count). The van der Waals surface area contributed by atoms with E-state index in [1.165, 1.54) is 23.9 Å². The van der Waals surface area contributed by atoms with Gasteiger partial charge in [0.1, 0.15) is 11.9 Å². The molecule has 1 unspecified atom stereocenters. The largest absolute Gasteiger partial charge is 0.465 e. The fourth-order valence-electron chi connectivity index (χ4n) is 1.25. The molecule has 0 aliphatic rings. The van der Waals surface area contributed by atoms with Crippen LogP contribution in [-0.4, -0.2) is 24.4 Å². The molecule has 100 valence electrons. The third-order valence-electron chi connectivity index (χ3n) is 2.16. The maximum absolute atomic E-state index is 12.8. The van der Waals surface area contributed by atoms with Crippen molar-refractivity contribution in [3.8, 4) is 0 Å². The van der Waals surface area contributed by atoms with E-state index < -0.39 is 12.0 Å². The van der Waals surface area contributed by atoms with E-state index in [1.807, 2.05) is 0 Å². The summed E-state index contributed by atoms with van der Waals surface area (Å²) in [6.45, 7) is 2.05. The molecule has 0 heterocycles. The van der Waals surface area contributed by atoms with Crippen molar-refractivity contribution in [2.45, 2.75) is 18.7 Å². The van der Waals surface area contributed by atoms with Crippen LogP contribution < -0.4 is 5.73 Å². The van der Waals surface area contributed by atoms with Crippen LogP contribution in [0.5, 0.6) is 0 Å². The van der Waals surface area contributed by atoms with E-state index in [0.29, 0.717) is 23.1 Å². The predicted molar refractivity (Wildman–Crippen MR) is 72.2 cm³/mol. The topological polar surface area (TPSA) is 52.3 Å². The van der Waals surface area contributed by atoms with Crippen molar-refractivity contribution >= 4 is 29.3 Å². The highest BCUT2D eigenvalue weighted by Gasteiger charge is 2.14. The molecule has 0 bridgehead atoms. The summed E-state index contributed by atoms with van der Waals surface area (Å²) in [5.41, 5.74) is 6.46. The van der Waals surface area contributed by atoms with Crippen LogP contribution in [-0.2, 0) is 15.3 Å². The Bertz CT molecular complexity index is 417. The first kappa shape index (κ1) is 15.3. The number of halogens is 2. The van der Waals surface area contributed by atoms with Crippen LogP contribution in [0.15, 0.2) is 18.2 Å². The summed E-state index contributed by atoms with van der Waals surface area (Å²) in [4.78, 5) is 11.3. The number of carbonyl (C=O) groups excluding carboxylic acids is 1. The predicted octanol–water partition coefficient (Wildman–Crippen LogP) is 2.60. The van der Waals surface area contributed by atoms with Crippen LogP contribution in [0, 0.1) is 5.82 Å². The Balaban J connectivity index is 2.39. The summed E-state index contributed by atoms with van der Waals surface area (Å²) in [6.07, 6.45) is 0. The second kappa shape index (κ2) is 7.61. The summed E-state index contributed by atoms with van der Waals surface area (Å²) in [7, 11) is 0. The maximum atomic E-state index is 12.8. The third kappa shape index (κ3) is 4.84. The molecular weight excluding hydrogens is 277 g/mol.